The summed E-state index contributed by atoms with van der Waals surface area (Å²) in [4.78, 5) is 0.818. The van der Waals surface area contributed by atoms with Gasteiger partial charge in [-0.2, -0.15) is 0 Å². The van der Waals surface area contributed by atoms with Crippen molar-refractivity contribution in [2.24, 2.45) is 5.92 Å². The second kappa shape index (κ2) is 6.14. The normalized spacial score (nSPS) is 16.8. The van der Waals surface area contributed by atoms with E-state index in [0.717, 1.165) is 43.2 Å². The summed E-state index contributed by atoms with van der Waals surface area (Å²) in [5.41, 5.74) is 3.74. The van der Waals surface area contributed by atoms with Crippen molar-refractivity contribution >= 4 is 24.0 Å². The molecular weight excluding hydrogens is 236 g/mol. The average Bonchev–Trinajstić information content (AvgIpc) is 2.38. The van der Waals surface area contributed by atoms with Crippen molar-refractivity contribution in [3.63, 3.8) is 0 Å². The number of rotatable bonds is 4. The first-order chi connectivity index (χ1) is 8.29. The molecule has 1 aromatic rings. The summed E-state index contributed by atoms with van der Waals surface area (Å²) in [7, 11) is 0. The minimum atomic E-state index is 0.644. The van der Waals surface area contributed by atoms with Gasteiger partial charge in [0.05, 0.1) is 11.4 Å². The molecule has 0 unspecified atom stereocenters. The molecule has 1 aromatic carbocycles. The Kier molecular flexibility index (Phi) is 4.53. The van der Waals surface area contributed by atoms with E-state index in [4.69, 9.17) is 9.94 Å². The van der Waals surface area contributed by atoms with Crippen LogP contribution in [0.25, 0.3) is 0 Å². The van der Waals surface area contributed by atoms with E-state index in [1.165, 1.54) is 0 Å². The van der Waals surface area contributed by atoms with Gasteiger partial charge in [0.25, 0.3) is 0 Å². The van der Waals surface area contributed by atoms with Crippen molar-refractivity contribution in [1.82, 2.24) is 0 Å². The van der Waals surface area contributed by atoms with E-state index in [-0.39, 0.29) is 0 Å². The van der Waals surface area contributed by atoms with Crippen LogP contribution >= 0.6 is 12.6 Å². The van der Waals surface area contributed by atoms with Gasteiger partial charge in [-0.3, -0.25) is 10.7 Å². The van der Waals surface area contributed by atoms with Gasteiger partial charge >= 0.3 is 0 Å². The molecule has 0 bridgehead atoms. The molecule has 5 heteroatoms. The summed E-state index contributed by atoms with van der Waals surface area (Å²) >= 11 is 4.23. The lowest BCUT2D eigenvalue weighted by atomic mass is 10.0. The van der Waals surface area contributed by atoms with E-state index in [2.05, 4.69) is 23.4 Å². The van der Waals surface area contributed by atoms with Crippen LogP contribution < -0.4 is 10.8 Å². The van der Waals surface area contributed by atoms with Gasteiger partial charge in [-0.15, -0.1) is 12.6 Å². The van der Waals surface area contributed by atoms with E-state index in [0.29, 0.717) is 11.6 Å². The van der Waals surface area contributed by atoms with Crippen molar-refractivity contribution in [1.29, 1.82) is 0 Å². The number of ether oxygens (including phenoxy) is 1. The lowest BCUT2D eigenvalue weighted by Gasteiger charge is -2.23. The molecular formula is C12H18N2O2S. The smallest absolute Gasteiger partial charge is 0.0844 e. The Hall–Kier alpha value is -0.910. The van der Waals surface area contributed by atoms with Gasteiger partial charge in [-0.05, 0) is 37.0 Å². The van der Waals surface area contributed by atoms with Gasteiger partial charge in [0, 0.05) is 24.7 Å². The fourth-order valence-corrected chi connectivity index (χ4v) is 2.19. The third-order valence-electron chi connectivity index (χ3n) is 3.05. The Morgan fingerprint density at radius 1 is 1.29 bits per heavy atom. The van der Waals surface area contributed by atoms with Crippen LogP contribution in [0.4, 0.5) is 11.4 Å². The number of nitrogens with one attached hydrogen (secondary N) is 2. The number of thiol groups is 1. The Labute approximate surface area is 107 Å². The lowest BCUT2D eigenvalue weighted by molar-refractivity contribution is 0.0699. The van der Waals surface area contributed by atoms with E-state index >= 15 is 0 Å². The molecule has 94 valence electrons. The number of hydrogen-bond donors (Lipinski definition) is 4. The van der Waals surface area contributed by atoms with E-state index < -0.39 is 0 Å². The zero-order valence-electron chi connectivity index (χ0n) is 9.65. The first kappa shape index (κ1) is 12.5. The quantitative estimate of drug-likeness (QED) is 0.493. The predicted octanol–water partition coefficient (Wildman–Crippen LogP) is 2.61. The molecule has 1 aliphatic rings. The van der Waals surface area contributed by atoms with Crippen molar-refractivity contribution < 1.29 is 9.94 Å². The first-order valence-corrected chi connectivity index (χ1v) is 6.29. The van der Waals surface area contributed by atoms with Gasteiger partial charge in [-0.25, -0.2) is 0 Å². The standard InChI is InChI=1S/C12H18N2O2S/c15-14-12-7-10(17)1-2-11(12)13-8-9-3-5-16-6-4-9/h1-2,7,9,13-15,17H,3-6,8H2. The summed E-state index contributed by atoms with van der Waals surface area (Å²) < 4.78 is 5.32. The maximum absolute atomic E-state index is 9.04. The van der Waals surface area contributed by atoms with Crippen LogP contribution in [0.2, 0.25) is 0 Å². The Morgan fingerprint density at radius 2 is 2.06 bits per heavy atom. The monoisotopic (exact) mass is 254 g/mol. The molecule has 2 rings (SSSR count). The molecule has 1 aliphatic heterocycles. The van der Waals surface area contributed by atoms with Crippen molar-refractivity contribution in [2.75, 3.05) is 30.6 Å². The average molecular weight is 254 g/mol. The van der Waals surface area contributed by atoms with Crippen LogP contribution in [0, 0.1) is 5.92 Å². The van der Waals surface area contributed by atoms with E-state index in [1.807, 2.05) is 12.1 Å². The second-order valence-electron chi connectivity index (χ2n) is 4.28. The summed E-state index contributed by atoms with van der Waals surface area (Å²) in [5.74, 6) is 0.644. The van der Waals surface area contributed by atoms with Gasteiger partial charge in [-0.1, -0.05) is 0 Å². The Balaban J connectivity index is 1.93. The fourth-order valence-electron chi connectivity index (χ4n) is 1.98. The van der Waals surface area contributed by atoms with Crippen LogP contribution in [0.3, 0.4) is 0 Å². The lowest BCUT2D eigenvalue weighted by Crippen LogP contribution is -2.22. The summed E-state index contributed by atoms with van der Waals surface area (Å²) in [6.45, 7) is 2.62. The highest BCUT2D eigenvalue weighted by Gasteiger charge is 2.13. The van der Waals surface area contributed by atoms with E-state index in [1.54, 1.807) is 6.07 Å². The number of benzene rings is 1. The third kappa shape index (κ3) is 3.52. The largest absolute Gasteiger partial charge is 0.383 e. The van der Waals surface area contributed by atoms with Gasteiger partial charge in [0.15, 0.2) is 0 Å². The second-order valence-corrected chi connectivity index (χ2v) is 4.79. The fraction of sp³-hybridized carbons (Fsp3) is 0.500. The zero-order chi connectivity index (χ0) is 12.1. The molecule has 0 saturated carbocycles. The highest BCUT2D eigenvalue weighted by atomic mass is 32.1. The van der Waals surface area contributed by atoms with Gasteiger partial charge in [0.1, 0.15) is 0 Å². The highest BCUT2D eigenvalue weighted by Crippen LogP contribution is 2.25. The minimum absolute atomic E-state index is 0.644. The molecule has 0 atom stereocenters. The van der Waals surface area contributed by atoms with E-state index in [9.17, 15) is 0 Å². The molecule has 0 aromatic heterocycles. The summed E-state index contributed by atoms with van der Waals surface area (Å²) in [6.07, 6.45) is 2.19. The Morgan fingerprint density at radius 3 is 2.76 bits per heavy atom. The summed E-state index contributed by atoms with van der Waals surface area (Å²) in [5, 5.41) is 12.4. The highest BCUT2D eigenvalue weighted by molar-refractivity contribution is 7.80. The molecule has 0 radical (unpaired) electrons. The van der Waals surface area contributed by atoms with Crippen molar-refractivity contribution in [3.05, 3.63) is 18.2 Å². The molecule has 4 nitrogen and oxygen atoms in total. The number of anilines is 2. The molecule has 3 N–H and O–H groups in total. The molecule has 1 heterocycles. The van der Waals surface area contributed by atoms with Crippen molar-refractivity contribution in [3.8, 4) is 0 Å². The molecule has 0 aliphatic carbocycles. The maximum atomic E-state index is 9.04. The van der Waals surface area contributed by atoms with Gasteiger partial charge in [0.2, 0.25) is 0 Å². The van der Waals surface area contributed by atoms with Crippen LogP contribution in [0.5, 0.6) is 0 Å². The van der Waals surface area contributed by atoms with Crippen LogP contribution in [0.15, 0.2) is 23.1 Å². The minimum Gasteiger partial charge on any atom is -0.383 e. The van der Waals surface area contributed by atoms with Crippen molar-refractivity contribution in [2.45, 2.75) is 17.7 Å². The molecule has 0 amide bonds. The number of hydrogen-bond acceptors (Lipinski definition) is 5. The van der Waals surface area contributed by atoms with Gasteiger partial charge < -0.3 is 10.1 Å². The molecule has 1 saturated heterocycles. The predicted molar refractivity (Wildman–Crippen MR) is 71.1 cm³/mol. The molecule has 17 heavy (non-hydrogen) atoms. The van der Waals surface area contributed by atoms with Crippen LogP contribution in [-0.4, -0.2) is 25.0 Å². The SMILES string of the molecule is ONc1cc(S)ccc1NCC1CCOCC1. The zero-order valence-corrected chi connectivity index (χ0v) is 10.5. The molecule has 0 spiro atoms. The first-order valence-electron chi connectivity index (χ1n) is 5.84. The topological polar surface area (TPSA) is 53.5 Å². The van der Waals surface area contributed by atoms with Crippen LogP contribution in [-0.2, 0) is 4.74 Å². The Bertz CT molecular complexity index is 368. The van der Waals surface area contributed by atoms with Crippen LogP contribution in [0.1, 0.15) is 12.8 Å². The third-order valence-corrected chi connectivity index (χ3v) is 3.32. The summed E-state index contributed by atoms with van der Waals surface area (Å²) in [6, 6.07) is 5.60. The molecule has 1 fully saturated rings. The maximum Gasteiger partial charge on any atom is 0.0844 e.